The molecule has 1 heterocycles. The number of alkyl halides is 2. The van der Waals surface area contributed by atoms with Crippen molar-refractivity contribution in [3.05, 3.63) is 71.3 Å². The molecule has 0 radical (unpaired) electrons. The van der Waals surface area contributed by atoms with Crippen LogP contribution in [0.25, 0.3) is 0 Å². The van der Waals surface area contributed by atoms with E-state index in [4.69, 9.17) is 0 Å². The molecule has 1 aliphatic rings. The molecule has 1 aliphatic heterocycles. The summed E-state index contributed by atoms with van der Waals surface area (Å²) in [5.41, 5.74) is 5.26. The third-order valence-electron chi connectivity index (χ3n) is 4.93. The van der Waals surface area contributed by atoms with Gasteiger partial charge in [0.2, 0.25) is 5.92 Å². The molecule has 0 spiro atoms. The highest BCUT2D eigenvalue weighted by Crippen LogP contribution is 2.33. The van der Waals surface area contributed by atoms with E-state index in [9.17, 15) is 18.4 Å². The maximum atomic E-state index is 13.5. The van der Waals surface area contributed by atoms with Gasteiger partial charge in [0.15, 0.2) is 0 Å². The normalized spacial score (nSPS) is 20.4. The minimum absolute atomic E-state index is 0.0310. The fourth-order valence-electron chi connectivity index (χ4n) is 3.29. The number of hydrogen-bond donors (Lipinski definition) is 1. The van der Waals surface area contributed by atoms with E-state index >= 15 is 0 Å². The fraction of sp³-hybridized carbons (Fsp3) is 0.333. The molecule has 0 saturated carbocycles. The molecule has 2 aromatic rings. The molecular formula is C21H22F2N2O2. The molecule has 0 aliphatic carbocycles. The highest BCUT2D eigenvalue weighted by Gasteiger charge is 2.44. The molecule has 0 bridgehead atoms. The van der Waals surface area contributed by atoms with Gasteiger partial charge in [-0.15, -0.1) is 0 Å². The lowest BCUT2D eigenvalue weighted by Crippen LogP contribution is -2.46. The van der Waals surface area contributed by atoms with E-state index < -0.39 is 23.8 Å². The topological polar surface area (TPSA) is 49.4 Å². The van der Waals surface area contributed by atoms with E-state index in [1.54, 1.807) is 12.1 Å². The van der Waals surface area contributed by atoms with E-state index in [0.29, 0.717) is 11.8 Å². The van der Waals surface area contributed by atoms with Gasteiger partial charge in [-0.05, 0) is 43.0 Å². The first-order chi connectivity index (χ1) is 12.9. The van der Waals surface area contributed by atoms with Gasteiger partial charge in [-0.2, -0.15) is 0 Å². The molecule has 1 amide bonds. The second-order valence-corrected chi connectivity index (χ2v) is 7.04. The smallest absolute Gasteiger partial charge is 0.265 e. The monoisotopic (exact) mass is 372 g/mol. The van der Waals surface area contributed by atoms with Crippen LogP contribution < -0.4 is 5.43 Å². The second-order valence-electron chi connectivity index (χ2n) is 7.04. The summed E-state index contributed by atoms with van der Waals surface area (Å²) >= 11 is 0. The second kappa shape index (κ2) is 7.96. The van der Waals surface area contributed by atoms with Crippen LogP contribution in [0, 0.1) is 5.92 Å². The average Bonchev–Trinajstić information content (AvgIpc) is 3.06. The first kappa shape index (κ1) is 19.2. The summed E-state index contributed by atoms with van der Waals surface area (Å²) in [5, 5.41) is 1.31. The van der Waals surface area contributed by atoms with Crippen LogP contribution in [0.3, 0.4) is 0 Å². The van der Waals surface area contributed by atoms with Gasteiger partial charge in [-0.3, -0.25) is 10.2 Å². The molecule has 3 rings (SSSR count). The van der Waals surface area contributed by atoms with Crippen LogP contribution in [0.1, 0.15) is 34.8 Å². The van der Waals surface area contributed by atoms with E-state index in [2.05, 4.69) is 5.43 Å². The minimum Gasteiger partial charge on any atom is -0.302 e. The molecule has 27 heavy (non-hydrogen) atoms. The Kier molecular flexibility index (Phi) is 5.65. The predicted molar refractivity (Wildman–Crippen MR) is 98.4 cm³/mol. The quantitative estimate of drug-likeness (QED) is 0.790. The van der Waals surface area contributed by atoms with Gasteiger partial charge in [0, 0.05) is 18.0 Å². The van der Waals surface area contributed by atoms with E-state index in [1.165, 1.54) is 10.6 Å². The molecular weight excluding hydrogens is 350 g/mol. The van der Waals surface area contributed by atoms with Gasteiger partial charge in [0.25, 0.3) is 5.91 Å². The molecule has 2 aromatic carbocycles. The highest BCUT2D eigenvalue weighted by atomic mass is 19.3. The van der Waals surface area contributed by atoms with Crippen LogP contribution in [0.15, 0.2) is 54.6 Å². The zero-order valence-corrected chi connectivity index (χ0v) is 15.1. The van der Waals surface area contributed by atoms with Gasteiger partial charge < -0.3 is 4.79 Å². The van der Waals surface area contributed by atoms with Crippen molar-refractivity contribution >= 4 is 12.2 Å². The Hall–Kier alpha value is -2.60. The number of carbonyl (C=O) groups excluding carboxylic acids is 2. The van der Waals surface area contributed by atoms with Crippen LogP contribution >= 0.6 is 0 Å². The first-order valence-corrected chi connectivity index (χ1v) is 8.90. The molecule has 1 saturated heterocycles. The van der Waals surface area contributed by atoms with Crippen LogP contribution in [0.5, 0.6) is 0 Å². The van der Waals surface area contributed by atoms with Gasteiger partial charge in [-0.25, -0.2) is 13.8 Å². The largest absolute Gasteiger partial charge is 0.302 e. The number of hydrogen-bond acceptors (Lipinski definition) is 3. The van der Waals surface area contributed by atoms with Crippen molar-refractivity contribution in [2.75, 3.05) is 6.54 Å². The molecule has 1 N–H and O–H groups in total. The minimum atomic E-state index is -2.89. The number of nitrogens with one attached hydrogen (secondary N) is 1. The first-order valence-electron chi connectivity index (χ1n) is 8.90. The van der Waals surface area contributed by atoms with Crippen LogP contribution in [-0.2, 0) is 11.2 Å². The Morgan fingerprint density at radius 3 is 2.37 bits per heavy atom. The summed E-state index contributed by atoms with van der Waals surface area (Å²) in [7, 11) is 0. The summed E-state index contributed by atoms with van der Waals surface area (Å²) in [5.74, 6) is -4.26. The van der Waals surface area contributed by atoms with Crippen molar-refractivity contribution < 1.29 is 18.4 Å². The molecule has 2 atom stereocenters. The number of rotatable bonds is 6. The zero-order chi connectivity index (χ0) is 19.4. The summed E-state index contributed by atoms with van der Waals surface area (Å²) in [6, 6.07) is 16.4. The van der Waals surface area contributed by atoms with Crippen molar-refractivity contribution in [2.45, 2.75) is 31.7 Å². The molecule has 6 heteroatoms. The number of hydrazine groups is 1. The molecule has 142 valence electrons. The Morgan fingerprint density at radius 1 is 1.15 bits per heavy atom. The fourth-order valence-corrected chi connectivity index (χ4v) is 3.29. The van der Waals surface area contributed by atoms with Crippen molar-refractivity contribution in [3.63, 3.8) is 0 Å². The lowest BCUT2D eigenvalue weighted by Gasteiger charge is -2.22. The molecule has 1 fully saturated rings. The third kappa shape index (κ3) is 4.77. The Bertz CT molecular complexity index is 788. The van der Waals surface area contributed by atoms with Gasteiger partial charge in [0.05, 0.1) is 6.04 Å². The lowest BCUT2D eigenvalue weighted by molar-refractivity contribution is -0.112. The maximum Gasteiger partial charge on any atom is 0.265 e. The van der Waals surface area contributed by atoms with Gasteiger partial charge in [-0.1, -0.05) is 42.5 Å². The molecule has 0 aromatic heterocycles. The summed E-state index contributed by atoms with van der Waals surface area (Å²) in [6.07, 6.45) is 1.40. The average molecular weight is 372 g/mol. The van der Waals surface area contributed by atoms with Crippen molar-refractivity contribution in [1.82, 2.24) is 10.4 Å². The van der Waals surface area contributed by atoms with E-state index in [-0.39, 0.29) is 13.0 Å². The number of amides is 1. The molecule has 4 nitrogen and oxygen atoms in total. The van der Waals surface area contributed by atoms with E-state index in [1.807, 2.05) is 42.5 Å². The summed E-state index contributed by atoms with van der Waals surface area (Å²) in [6.45, 7) is 0.793. The highest BCUT2D eigenvalue weighted by molar-refractivity contribution is 5.94. The number of nitrogens with zero attached hydrogens (tertiary/aromatic N) is 1. The van der Waals surface area contributed by atoms with Gasteiger partial charge >= 0.3 is 0 Å². The number of halogens is 2. The standard InChI is InChI=1S/C21H22F2N2O2/c1-21(22,23)18-12-19(14-26)25(13-18)24-20(27)17-9-7-16(8-10-17)11-15-5-3-2-4-6-15/h2-10,14,18-19H,11-13H2,1H3,(H,24,27). The number of aldehydes is 1. The maximum absolute atomic E-state index is 13.5. The third-order valence-corrected chi connectivity index (χ3v) is 4.93. The van der Waals surface area contributed by atoms with Crippen LogP contribution in [0.4, 0.5) is 8.78 Å². The number of benzene rings is 2. The Labute approximate surface area is 157 Å². The summed E-state index contributed by atoms with van der Waals surface area (Å²) < 4.78 is 27.1. The van der Waals surface area contributed by atoms with Crippen LogP contribution in [0.2, 0.25) is 0 Å². The van der Waals surface area contributed by atoms with E-state index in [0.717, 1.165) is 18.9 Å². The van der Waals surface area contributed by atoms with Crippen LogP contribution in [-0.4, -0.2) is 35.7 Å². The number of carbonyl (C=O) groups is 2. The Balaban J connectivity index is 1.63. The lowest BCUT2D eigenvalue weighted by atomic mass is 10.00. The summed E-state index contributed by atoms with van der Waals surface area (Å²) in [4.78, 5) is 23.6. The van der Waals surface area contributed by atoms with Gasteiger partial charge in [0.1, 0.15) is 6.29 Å². The predicted octanol–water partition coefficient (Wildman–Crippen LogP) is 3.47. The SMILES string of the molecule is CC(F)(F)C1CC(C=O)N(NC(=O)c2ccc(Cc3ccccc3)cc2)C1. The van der Waals surface area contributed by atoms with Crippen molar-refractivity contribution in [1.29, 1.82) is 0 Å². The Morgan fingerprint density at radius 2 is 1.78 bits per heavy atom. The van der Waals surface area contributed by atoms with Crippen molar-refractivity contribution in [3.8, 4) is 0 Å². The zero-order valence-electron chi connectivity index (χ0n) is 15.1. The molecule has 2 unspecified atom stereocenters. The van der Waals surface area contributed by atoms with Crippen molar-refractivity contribution in [2.24, 2.45) is 5.92 Å².